The van der Waals surface area contributed by atoms with Crippen molar-refractivity contribution in [3.8, 4) is 5.75 Å². The molecule has 1 aromatic heterocycles. The zero-order chi connectivity index (χ0) is 11.2. The van der Waals surface area contributed by atoms with Gasteiger partial charge in [0.1, 0.15) is 5.75 Å². The first-order valence-electron chi connectivity index (χ1n) is 5.13. The van der Waals surface area contributed by atoms with Crippen LogP contribution in [0, 0.1) is 0 Å². The van der Waals surface area contributed by atoms with Crippen LogP contribution in [0.4, 0.5) is 0 Å². The molecule has 0 fully saturated rings. The summed E-state index contributed by atoms with van der Waals surface area (Å²) in [5, 5.41) is 5.01. The van der Waals surface area contributed by atoms with Gasteiger partial charge in [-0.05, 0) is 23.8 Å². The van der Waals surface area contributed by atoms with Crippen molar-refractivity contribution >= 4 is 15.9 Å². The second-order valence-electron chi connectivity index (χ2n) is 3.39. The lowest BCUT2D eigenvalue weighted by molar-refractivity contribution is 0.345. The molecule has 1 aromatic carbocycles. The minimum absolute atomic E-state index is 0.693. The number of aromatic nitrogens is 2. The van der Waals surface area contributed by atoms with E-state index < -0.39 is 0 Å². The Balaban J connectivity index is 1.96. The van der Waals surface area contributed by atoms with Gasteiger partial charge in [0.2, 0.25) is 0 Å². The molecule has 0 spiro atoms. The summed E-state index contributed by atoms with van der Waals surface area (Å²) in [4.78, 5) is 0. The molecule has 3 nitrogen and oxygen atoms in total. The Hall–Kier alpha value is -1.29. The number of benzene rings is 1. The lowest BCUT2D eigenvalue weighted by Crippen LogP contribution is -2.00. The van der Waals surface area contributed by atoms with Crippen molar-refractivity contribution in [1.29, 1.82) is 0 Å². The van der Waals surface area contributed by atoms with Crippen LogP contribution in [0.5, 0.6) is 5.75 Å². The lowest BCUT2D eigenvalue weighted by atomic mass is 10.2. The van der Waals surface area contributed by atoms with Crippen molar-refractivity contribution < 1.29 is 4.74 Å². The Morgan fingerprint density at radius 1 is 1.25 bits per heavy atom. The summed E-state index contributed by atoms with van der Waals surface area (Å²) in [6.45, 7) is 1.49. The van der Waals surface area contributed by atoms with Crippen molar-refractivity contribution in [3.63, 3.8) is 0 Å². The molecule has 0 amide bonds. The third-order valence-corrected chi connectivity index (χ3v) is 2.50. The molecule has 0 N–H and O–H groups in total. The molecule has 84 valence electrons. The van der Waals surface area contributed by atoms with E-state index in [2.05, 4.69) is 33.2 Å². The van der Waals surface area contributed by atoms with Gasteiger partial charge in [-0.2, -0.15) is 5.10 Å². The Labute approximate surface area is 103 Å². The fraction of sp³-hybridized carbons (Fsp3) is 0.250. The minimum atomic E-state index is 0.693. The van der Waals surface area contributed by atoms with Crippen LogP contribution in [0.3, 0.4) is 0 Å². The van der Waals surface area contributed by atoms with Crippen molar-refractivity contribution in [2.45, 2.75) is 6.54 Å². The molecule has 1 heterocycles. The van der Waals surface area contributed by atoms with Crippen LogP contribution in [-0.4, -0.2) is 21.7 Å². The molecule has 0 radical (unpaired) electrons. The number of ether oxygens (including phenoxy) is 1. The Kier molecular flexibility index (Phi) is 3.99. The van der Waals surface area contributed by atoms with E-state index in [4.69, 9.17) is 4.74 Å². The molecule has 2 rings (SSSR count). The van der Waals surface area contributed by atoms with Gasteiger partial charge >= 0.3 is 0 Å². The Morgan fingerprint density at radius 3 is 2.69 bits per heavy atom. The monoisotopic (exact) mass is 280 g/mol. The molecule has 0 aliphatic heterocycles. The first kappa shape index (κ1) is 11.2. The van der Waals surface area contributed by atoms with Crippen molar-refractivity contribution in [1.82, 2.24) is 9.78 Å². The topological polar surface area (TPSA) is 27.1 Å². The average molecular weight is 281 g/mol. The summed E-state index contributed by atoms with van der Waals surface area (Å²) >= 11 is 3.32. The molecule has 0 saturated carbocycles. The molecule has 0 bridgehead atoms. The quantitative estimate of drug-likeness (QED) is 0.788. The zero-order valence-electron chi connectivity index (χ0n) is 8.84. The van der Waals surface area contributed by atoms with Crippen molar-refractivity contribution in [2.24, 2.45) is 0 Å². The fourth-order valence-corrected chi connectivity index (χ4v) is 1.59. The van der Waals surface area contributed by atoms with Crippen molar-refractivity contribution in [3.05, 3.63) is 48.3 Å². The maximum Gasteiger partial charge on any atom is 0.119 e. The van der Waals surface area contributed by atoms with Crippen LogP contribution in [0.15, 0.2) is 42.7 Å². The largest absolute Gasteiger partial charge is 0.493 e. The summed E-state index contributed by atoms with van der Waals surface area (Å²) in [5.41, 5.74) is 1.22. The molecule has 0 aliphatic carbocycles. The fourth-order valence-electron chi connectivity index (χ4n) is 1.43. The van der Waals surface area contributed by atoms with E-state index in [1.807, 2.05) is 29.1 Å². The van der Waals surface area contributed by atoms with E-state index in [9.17, 15) is 0 Å². The Morgan fingerprint density at radius 2 is 2.06 bits per heavy atom. The van der Waals surface area contributed by atoms with E-state index in [1.165, 1.54) is 5.56 Å². The van der Waals surface area contributed by atoms with Crippen LogP contribution < -0.4 is 4.74 Å². The second-order valence-corrected chi connectivity index (χ2v) is 4.18. The highest BCUT2D eigenvalue weighted by Crippen LogP contribution is 2.12. The normalized spacial score (nSPS) is 10.3. The predicted octanol–water partition coefficient (Wildman–Crippen LogP) is 2.71. The summed E-state index contributed by atoms with van der Waals surface area (Å²) in [5.74, 6) is 0.906. The molecule has 0 atom stereocenters. The second kappa shape index (κ2) is 5.70. The van der Waals surface area contributed by atoms with Crippen LogP contribution in [0.25, 0.3) is 0 Å². The first-order chi connectivity index (χ1) is 7.88. The summed E-state index contributed by atoms with van der Waals surface area (Å²) in [6.07, 6.45) is 3.74. The third-order valence-electron chi connectivity index (χ3n) is 2.17. The Bertz CT molecular complexity index is 411. The molecule has 16 heavy (non-hydrogen) atoms. The molecular weight excluding hydrogens is 268 g/mol. The minimum Gasteiger partial charge on any atom is -0.493 e. The van der Waals surface area contributed by atoms with E-state index in [1.54, 1.807) is 6.20 Å². The molecule has 0 unspecified atom stereocenters. The average Bonchev–Trinajstić information content (AvgIpc) is 2.81. The van der Waals surface area contributed by atoms with Crippen molar-refractivity contribution in [2.75, 3.05) is 11.9 Å². The number of halogens is 1. The summed E-state index contributed by atoms with van der Waals surface area (Å²) in [6, 6.07) is 10.0. The lowest BCUT2D eigenvalue weighted by Gasteiger charge is -2.05. The zero-order valence-corrected chi connectivity index (χ0v) is 10.4. The maximum atomic E-state index is 5.48. The van der Waals surface area contributed by atoms with Gasteiger partial charge in [0, 0.05) is 17.7 Å². The number of rotatable bonds is 5. The van der Waals surface area contributed by atoms with Crippen LogP contribution in [0.1, 0.15) is 5.56 Å². The number of hydrogen-bond acceptors (Lipinski definition) is 2. The molecule has 0 aliphatic rings. The predicted molar refractivity (Wildman–Crippen MR) is 67.1 cm³/mol. The van der Waals surface area contributed by atoms with E-state index in [0.29, 0.717) is 6.61 Å². The molecule has 0 saturated heterocycles. The smallest absolute Gasteiger partial charge is 0.119 e. The highest BCUT2D eigenvalue weighted by atomic mass is 79.9. The SMILES string of the molecule is BrCCOc1ccc(Cn2cccn2)cc1. The van der Waals surface area contributed by atoms with Gasteiger partial charge in [0.05, 0.1) is 13.2 Å². The maximum absolute atomic E-state index is 5.48. The first-order valence-corrected chi connectivity index (χ1v) is 6.26. The summed E-state index contributed by atoms with van der Waals surface area (Å²) in [7, 11) is 0. The number of alkyl halides is 1. The van der Waals surface area contributed by atoms with E-state index in [0.717, 1.165) is 17.6 Å². The van der Waals surface area contributed by atoms with Gasteiger partial charge < -0.3 is 4.74 Å². The van der Waals surface area contributed by atoms with Gasteiger partial charge in [-0.1, -0.05) is 28.1 Å². The number of hydrogen-bond donors (Lipinski definition) is 0. The number of nitrogens with zero attached hydrogens (tertiary/aromatic N) is 2. The van der Waals surface area contributed by atoms with Crippen LogP contribution in [0.2, 0.25) is 0 Å². The van der Waals surface area contributed by atoms with Gasteiger partial charge in [-0.3, -0.25) is 4.68 Å². The molecule has 2 aromatic rings. The summed E-state index contributed by atoms with van der Waals surface area (Å²) < 4.78 is 7.37. The van der Waals surface area contributed by atoms with Gasteiger partial charge in [-0.15, -0.1) is 0 Å². The van der Waals surface area contributed by atoms with Crippen LogP contribution >= 0.6 is 15.9 Å². The standard InChI is InChI=1S/C12H13BrN2O/c13-6-9-16-12-4-2-11(3-5-12)10-15-8-1-7-14-15/h1-5,7-8H,6,9-10H2. The molecule has 4 heteroatoms. The van der Waals surface area contributed by atoms with Gasteiger partial charge in [0.15, 0.2) is 0 Å². The highest BCUT2D eigenvalue weighted by Gasteiger charge is 1.96. The highest BCUT2D eigenvalue weighted by molar-refractivity contribution is 9.09. The van der Waals surface area contributed by atoms with Gasteiger partial charge in [0.25, 0.3) is 0 Å². The van der Waals surface area contributed by atoms with E-state index in [-0.39, 0.29) is 0 Å². The third kappa shape index (κ3) is 3.10. The molecular formula is C12H13BrN2O. The van der Waals surface area contributed by atoms with Crippen LogP contribution in [-0.2, 0) is 6.54 Å². The van der Waals surface area contributed by atoms with Gasteiger partial charge in [-0.25, -0.2) is 0 Å². The van der Waals surface area contributed by atoms with E-state index >= 15 is 0 Å².